The Morgan fingerprint density at radius 2 is 1.65 bits per heavy atom. The normalized spacial score (nSPS) is 17.9. The van der Waals surface area contributed by atoms with Crippen molar-refractivity contribution < 1.29 is 27.6 Å². The predicted octanol–water partition coefficient (Wildman–Crippen LogP) is 4.59. The molecule has 3 aromatic rings. The number of aromatic nitrogens is 2. The number of amides is 3. The van der Waals surface area contributed by atoms with E-state index in [1.165, 1.54) is 11.1 Å². The van der Waals surface area contributed by atoms with Crippen molar-refractivity contribution >= 4 is 29.2 Å². The van der Waals surface area contributed by atoms with Gasteiger partial charge in [-0.25, -0.2) is 15.0 Å². The lowest BCUT2D eigenvalue weighted by atomic mass is 9.98. The number of aliphatic imine (C=N–C) groups is 1. The number of carbonyl (C=O) groups is 3. The van der Waals surface area contributed by atoms with Crippen LogP contribution in [0.1, 0.15) is 52.9 Å². The maximum Gasteiger partial charge on any atom is 0.433 e. The number of benzene rings is 2. The first kappa shape index (κ1) is 35.0. The lowest BCUT2D eigenvalue weighted by Gasteiger charge is -2.34. The molecule has 0 spiro atoms. The number of carbonyl (C=O) groups excluding carboxylic acids is 3. The van der Waals surface area contributed by atoms with Crippen LogP contribution in [0.2, 0.25) is 0 Å². The SMILES string of the molecule is C#C.CCN1C(=O)C(NC(=O)c2nccc(C(F)(F)F)n2)C/C(=C/N)C1=Nc1ccccc1.O=C(c1ccccc1)N1CCCC1. The van der Waals surface area contributed by atoms with E-state index in [1.54, 1.807) is 31.2 Å². The van der Waals surface area contributed by atoms with Crippen molar-refractivity contribution in [3.63, 3.8) is 0 Å². The van der Waals surface area contributed by atoms with E-state index in [2.05, 4.69) is 33.1 Å². The Morgan fingerprint density at radius 3 is 2.22 bits per heavy atom. The summed E-state index contributed by atoms with van der Waals surface area (Å²) < 4.78 is 38.6. The number of amidine groups is 1. The number of halogens is 3. The Hall–Kier alpha value is -5.51. The number of alkyl halides is 3. The Kier molecular flexibility index (Phi) is 12.6. The van der Waals surface area contributed by atoms with E-state index in [4.69, 9.17) is 5.73 Å². The van der Waals surface area contributed by atoms with Crippen molar-refractivity contribution in [3.8, 4) is 12.8 Å². The summed E-state index contributed by atoms with van der Waals surface area (Å²) in [6, 6.07) is 18.0. The van der Waals surface area contributed by atoms with Crippen molar-refractivity contribution in [2.24, 2.45) is 10.7 Å². The quantitative estimate of drug-likeness (QED) is 0.395. The number of hydrogen-bond donors (Lipinski definition) is 2. The summed E-state index contributed by atoms with van der Waals surface area (Å²) in [7, 11) is 0. The number of piperidine rings is 1. The highest BCUT2D eigenvalue weighted by molar-refractivity contribution is 6.13. The molecule has 3 amide bonds. The fraction of sp³-hybridized carbons (Fsp3) is 0.273. The smallest absolute Gasteiger partial charge is 0.404 e. The van der Waals surface area contributed by atoms with E-state index in [1.807, 2.05) is 41.3 Å². The second kappa shape index (κ2) is 16.5. The zero-order valence-corrected chi connectivity index (χ0v) is 25.2. The molecule has 0 radical (unpaired) electrons. The lowest BCUT2D eigenvalue weighted by Crippen LogP contribution is -2.55. The maximum atomic E-state index is 13.0. The van der Waals surface area contributed by atoms with E-state index in [9.17, 15) is 27.6 Å². The van der Waals surface area contributed by atoms with Crippen LogP contribution in [0.15, 0.2) is 89.7 Å². The molecule has 1 atom stereocenters. The molecule has 2 aliphatic rings. The minimum Gasteiger partial charge on any atom is -0.404 e. The highest BCUT2D eigenvalue weighted by Crippen LogP contribution is 2.27. The second-order valence-electron chi connectivity index (χ2n) is 9.90. The molecular formula is C33H34F3N7O3. The number of para-hydroxylation sites is 1. The topological polar surface area (TPSA) is 134 Å². The summed E-state index contributed by atoms with van der Waals surface area (Å²) in [5.41, 5.74) is 6.41. The average molecular weight is 634 g/mol. The summed E-state index contributed by atoms with van der Waals surface area (Å²) in [4.78, 5) is 51.8. The van der Waals surface area contributed by atoms with Crippen LogP contribution < -0.4 is 11.1 Å². The van der Waals surface area contributed by atoms with Gasteiger partial charge in [-0.2, -0.15) is 13.2 Å². The molecule has 13 heteroatoms. The lowest BCUT2D eigenvalue weighted by molar-refractivity contribution is -0.141. The van der Waals surface area contributed by atoms with E-state index in [0.717, 1.165) is 37.7 Å². The molecule has 0 saturated carbocycles. The fourth-order valence-electron chi connectivity index (χ4n) is 4.71. The Balaban J connectivity index is 0.000000318. The molecule has 0 aliphatic carbocycles. The number of nitrogens with zero attached hydrogens (tertiary/aromatic N) is 5. The van der Waals surface area contributed by atoms with Crippen LogP contribution in [0.4, 0.5) is 18.9 Å². The van der Waals surface area contributed by atoms with Crippen LogP contribution >= 0.6 is 0 Å². The molecule has 2 aliphatic heterocycles. The molecule has 1 aromatic heterocycles. The van der Waals surface area contributed by atoms with Gasteiger partial charge in [-0.15, -0.1) is 12.8 Å². The summed E-state index contributed by atoms with van der Waals surface area (Å²) in [5, 5.41) is 2.40. The van der Waals surface area contributed by atoms with Gasteiger partial charge >= 0.3 is 6.18 Å². The molecule has 0 bridgehead atoms. The van der Waals surface area contributed by atoms with Crippen LogP contribution in [0.3, 0.4) is 0 Å². The first-order valence-corrected chi connectivity index (χ1v) is 14.4. The highest BCUT2D eigenvalue weighted by atomic mass is 19.4. The van der Waals surface area contributed by atoms with Crippen molar-refractivity contribution in [1.29, 1.82) is 0 Å². The van der Waals surface area contributed by atoms with Crippen molar-refractivity contribution in [1.82, 2.24) is 25.1 Å². The highest BCUT2D eigenvalue weighted by Gasteiger charge is 2.37. The number of nitrogens with two attached hydrogens (primary N) is 1. The van der Waals surface area contributed by atoms with Gasteiger partial charge < -0.3 is 16.0 Å². The Morgan fingerprint density at radius 1 is 1.04 bits per heavy atom. The predicted molar refractivity (Wildman–Crippen MR) is 168 cm³/mol. The minimum absolute atomic E-state index is 0.0161. The van der Waals surface area contributed by atoms with Crippen LogP contribution in [-0.4, -0.2) is 69.0 Å². The molecule has 5 rings (SSSR count). The van der Waals surface area contributed by atoms with Gasteiger partial charge in [-0.05, 0) is 50.1 Å². The molecule has 10 nitrogen and oxygen atoms in total. The van der Waals surface area contributed by atoms with Gasteiger partial charge in [-0.1, -0.05) is 36.4 Å². The third-order valence-electron chi connectivity index (χ3n) is 6.91. The molecule has 46 heavy (non-hydrogen) atoms. The standard InChI is InChI=1S/C20H19F3N6O2.C11H13NO.C2H2/c1-2-29-17(26-13-6-4-3-5-7-13)12(11-24)10-14(19(29)31)27-18(30)16-25-9-8-15(28-16)20(21,22)23;13-11(12-8-4-5-9-12)10-6-2-1-3-7-10;1-2/h3-9,11,14H,2,10,24H2,1H3,(H,27,30);1-3,6-7H,4-5,8-9H2;1-2H/b12-11-,26-17?;;. The monoisotopic (exact) mass is 633 g/mol. The zero-order valence-electron chi connectivity index (χ0n) is 25.2. The van der Waals surface area contributed by atoms with Gasteiger partial charge in [0.15, 0.2) is 0 Å². The van der Waals surface area contributed by atoms with Crippen LogP contribution in [-0.2, 0) is 11.0 Å². The molecule has 3 N–H and O–H groups in total. The van der Waals surface area contributed by atoms with Crippen LogP contribution in [0.5, 0.6) is 0 Å². The summed E-state index contributed by atoms with van der Waals surface area (Å²) in [5.74, 6) is -1.63. The van der Waals surface area contributed by atoms with Gasteiger partial charge in [0.1, 0.15) is 17.6 Å². The minimum atomic E-state index is -4.73. The van der Waals surface area contributed by atoms with E-state index in [0.29, 0.717) is 23.2 Å². The van der Waals surface area contributed by atoms with Crippen LogP contribution in [0.25, 0.3) is 0 Å². The molecule has 240 valence electrons. The van der Waals surface area contributed by atoms with Gasteiger partial charge in [0.05, 0.1) is 5.69 Å². The van der Waals surface area contributed by atoms with Gasteiger partial charge in [0.25, 0.3) is 17.7 Å². The largest absolute Gasteiger partial charge is 0.433 e. The molecule has 2 aromatic carbocycles. The average Bonchev–Trinajstić information content (AvgIpc) is 3.63. The van der Waals surface area contributed by atoms with Gasteiger partial charge in [-0.3, -0.25) is 19.3 Å². The number of likely N-dealkylation sites (tertiary alicyclic amines) is 2. The fourth-order valence-corrected chi connectivity index (χ4v) is 4.71. The molecule has 2 fully saturated rings. The number of likely N-dealkylation sites (N-methyl/N-ethyl adjacent to an activating group) is 1. The summed E-state index contributed by atoms with van der Waals surface area (Å²) in [6.45, 7) is 3.82. The first-order chi connectivity index (χ1) is 22.1. The zero-order chi connectivity index (χ0) is 33.7. The second-order valence-corrected chi connectivity index (χ2v) is 9.90. The summed E-state index contributed by atoms with van der Waals surface area (Å²) in [6.07, 6.45) is 7.72. The van der Waals surface area contributed by atoms with Crippen molar-refractivity contribution in [3.05, 3.63) is 102 Å². The van der Waals surface area contributed by atoms with E-state index in [-0.39, 0.29) is 18.9 Å². The van der Waals surface area contributed by atoms with E-state index >= 15 is 0 Å². The number of hydrogen-bond acceptors (Lipinski definition) is 7. The third kappa shape index (κ3) is 9.01. The molecule has 2 saturated heterocycles. The molecule has 3 heterocycles. The Bertz CT molecular complexity index is 1570. The third-order valence-corrected chi connectivity index (χ3v) is 6.91. The number of terminal acetylenes is 1. The van der Waals surface area contributed by atoms with Crippen LogP contribution in [0, 0.1) is 12.8 Å². The first-order valence-electron chi connectivity index (χ1n) is 14.4. The molecular weight excluding hydrogens is 599 g/mol. The van der Waals surface area contributed by atoms with Gasteiger partial charge in [0.2, 0.25) is 5.82 Å². The number of nitrogens with one attached hydrogen (secondary N) is 1. The number of rotatable bonds is 5. The summed E-state index contributed by atoms with van der Waals surface area (Å²) >= 11 is 0. The maximum absolute atomic E-state index is 13.0. The van der Waals surface area contributed by atoms with Crippen molar-refractivity contribution in [2.45, 2.75) is 38.4 Å². The Labute approximate surface area is 265 Å². The van der Waals surface area contributed by atoms with Gasteiger partial charge in [0, 0.05) is 49.6 Å². The van der Waals surface area contributed by atoms with E-state index < -0.39 is 35.6 Å². The van der Waals surface area contributed by atoms with Crippen molar-refractivity contribution in [2.75, 3.05) is 19.6 Å². The molecule has 1 unspecified atom stereocenters.